The Bertz CT molecular complexity index is 304. The highest BCUT2D eigenvalue weighted by Crippen LogP contribution is 2.52. The molecule has 0 aliphatic heterocycles. The van der Waals surface area contributed by atoms with Gasteiger partial charge >= 0.3 is 0 Å². The standard InChI is InChI=1S/C15H24/c1-11(2)13-8-10-15(4)9-7-12(3)5-6-14(13)15/h7,9,12,14H,5-6,8,10H2,1-4H3/t12?,14-,15-/m0/s1. The lowest BCUT2D eigenvalue weighted by atomic mass is 9.76. The van der Waals surface area contributed by atoms with E-state index in [0.717, 1.165) is 11.8 Å². The Morgan fingerprint density at radius 1 is 1.33 bits per heavy atom. The van der Waals surface area contributed by atoms with E-state index < -0.39 is 0 Å². The highest BCUT2D eigenvalue weighted by atomic mass is 14.4. The maximum absolute atomic E-state index is 2.52. The Labute approximate surface area is 94.5 Å². The lowest BCUT2D eigenvalue weighted by Crippen LogP contribution is -2.19. The summed E-state index contributed by atoms with van der Waals surface area (Å²) in [6.45, 7) is 9.39. The van der Waals surface area contributed by atoms with E-state index in [1.807, 2.05) is 0 Å². The third kappa shape index (κ3) is 1.91. The van der Waals surface area contributed by atoms with Crippen LogP contribution in [0.1, 0.15) is 53.4 Å². The Balaban J connectivity index is 2.33. The largest absolute Gasteiger partial charge is 0.0851 e. The highest BCUT2D eigenvalue weighted by Gasteiger charge is 2.40. The summed E-state index contributed by atoms with van der Waals surface area (Å²) >= 11 is 0. The summed E-state index contributed by atoms with van der Waals surface area (Å²) in [5, 5.41) is 0. The van der Waals surface area contributed by atoms with Crippen LogP contribution < -0.4 is 0 Å². The number of hydrogen-bond donors (Lipinski definition) is 0. The van der Waals surface area contributed by atoms with E-state index in [1.54, 1.807) is 11.1 Å². The number of hydrogen-bond acceptors (Lipinski definition) is 0. The summed E-state index contributed by atoms with van der Waals surface area (Å²) in [7, 11) is 0. The fourth-order valence-corrected chi connectivity index (χ4v) is 3.36. The third-order valence-electron chi connectivity index (χ3n) is 4.51. The van der Waals surface area contributed by atoms with Crippen LogP contribution in [0.3, 0.4) is 0 Å². The van der Waals surface area contributed by atoms with Gasteiger partial charge in [0, 0.05) is 0 Å². The second-order valence-corrected chi connectivity index (χ2v) is 6.00. The molecule has 0 aromatic heterocycles. The van der Waals surface area contributed by atoms with Crippen molar-refractivity contribution in [2.45, 2.75) is 53.4 Å². The quantitative estimate of drug-likeness (QED) is 0.501. The van der Waals surface area contributed by atoms with E-state index in [0.29, 0.717) is 5.41 Å². The summed E-state index contributed by atoms with van der Waals surface area (Å²) in [5.74, 6) is 1.62. The van der Waals surface area contributed by atoms with E-state index >= 15 is 0 Å². The van der Waals surface area contributed by atoms with Gasteiger partial charge in [-0.1, -0.05) is 37.1 Å². The second kappa shape index (κ2) is 3.81. The van der Waals surface area contributed by atoms with Crippen LogP contribution in [0.5, 0.6) is 0 Å². The van der Waals surface area contributed by atoms with Crippen LogP contribution in [-0.4, -0.2) is 0 Å². The molecule has 0 saturated heterocycles. The number of rotatable bonds is 0. The van der Waals surface area contributed by atoms with Crippen LogP contribution in [-0.2, 0) is 0 Å². The Kier molecular flexibility index (Phi) is 2.79. The molecule has 1 saturated carbocycles. The van der Waals surface area contributed by atoms with E-state index in [1.165, 1.54) is 25.7 Å². The first-order valence-electron chi connectivity index (χ1n) is 6.38. The highest BCUT2D eigenvalue weighted by molar-refractivity contribution is 5.26. The number of fused-ring (bicyclic) bond motifs is 1. The first-order chi connectivity index (χ1) is 7.03. The SMILES string of the molecule is CC(C)=C1CC[C@]2(C)C=CC(C)CC[C@@H]12. The molecule has 2 aliphatic rings. The Hall–Kier alpha value is -0.520. The maximum Gasteiger partial charge on any atom is -0.00779 e. The van der Waals surface area contributed by atoms with Crippen molar-refractivity contribution < 1.29 is 0 Å². The van der Waals surface area contributed by atoms with Crippen molar-refractivity contribution in [3.8, 4) is 0 Å². The Morgan fingerprint density at radius 2 is 2.07 bits per heavy atom. The van der Waals surface area contributed by atoms with Crippen LogP contribution in [0, 0.1) is 17.3 Å². The number of allylic oxidation sites excluding steroid dienone is 4. The van der Waals surface area contributed by atoms with Gasteiger partial charge in [0.2, 0.25) is 0 Å². The van der Waals surface area contributed by atoms with Gasteiger partial charge in [-0.3, -0.25) is 0 Å². The molecule has 0 amide bonds. The summed E-state index contributed by atoms with van der Waals surface area (Å²) < 4.78 is 0. The van der Waals surface area contributed by atoms with E-state index in [-0.39, 0.29) is 0 Å². The topological polar surface area (TPSA) is 0 Å². The van der Waals surface area contributed by atoms with Gasteiger partial charge in [-0.2, -0.15) is 0 Å². The lowest BCUT2D eigenvalue weighted by Gasteiger charge is -2.28. The lowest BCUT2D eigenvalue weighted by molar-refractivity contribution is 0.314. The molecule has 1 fully saturated rings. The van der Waals surface area contributed by atoms with E-state index in [4.69, 9.17) is 0 Å². The van der Waals surface area contributed by atoms with Crippen molar-refractivity contribution in [1.82, 2.24) is 0 Å². The monoisotopic (exact) mass is 204 g/mol. The molecule has 0 spiro atoms. The molecule has 0 heterocycles. The molecular weight excluding hydrogens is 180 g/mol. The average Bonchev–Trinajstić information content (AvgIpc) is 2.43. The van der Waals surface area contributed by atoms with Crippen LogP contribution in [0.4, 0.5) is 0 Å². The van der Waals surface area contributed by atoms with Gasteiger partial charge in [-0.05, 0) is 56.8 Å². The first kappa shape index (κ1) is 11.0. The fraction of sp³-hybridized carbons (Fsp3) is 0.733. The fourth-order valence-electron chi connectivity index (χ4n) is 3.36. The van der Waals surface area contributed by atoms with Gasteiger partial charge in [0.25, 0.3) is 0 Å². The molecule has 84 valence electrons. The zero-order chi connectivity index (χ0) is 11.1. The van der Waals surface area contributed by atoms with Gasteiger partial charge in [0.05, 0.1) is 0 Å². The molecule has 2 rings (SSSR count). The van der Waals surface area contributed by atoms with Crippen LogP contribution in [0.2, 0.25) is 0 Å². The molecule has 1 unspecified atom stereocenters. The third-order valence-corrected chi connectivity index (χ3v) is 4.51. The molecule has 0 nitrogen and oxygen atoms in total. The van der Waals surface area contributed by atoms with Gasteiger partial charge in [-0.25, -0.2) is 0 Å². The van der Waals surface area contributed by atoms with E-state index in [2.05, 4.69) is 39.8 Å². The molecule has 0 radical (unpaired) electrons. The molecule has 15 heavy (non-hydrogen) atoms. The van der Waals surface area contributed by atoms with E-state index in [9.17, 15) is 0 Å². The molecular formula is C15H24. The molecule has 2 aliphatic carbocycles. The van der Waals surface area contributed by atoms with Gasteiger partial charge in [0.15, 0.2) is 0 Å². The van der Waals surface area contributed by atoms with Crippen molar-refractivity contribution in [2.24, 2.45) is 17.3 Å². The van der Waals surface area contributed by atoms with Gasteiger partial charge in [-0.15, -0.1) is 0 Å². The van der Waals surface area contributed by atoms with Crippen molar-refractivity contribution >= 4 is 0 Å². The zero-order valence-corrected chi connectivity index (χ0v) is 10.6. The van der Waals surface area contributed by atoms with Crippen molar-refractivity contribution in [3.63, 3.8) is 0 Å². The minimum atomic E-state index is 0.470. The van der Waals surface area contributed by atoms with Crippen molar-refractivity contribution in [2.75, 3.05) is 0 Å². The van der Waals surface area contributed by atoms with Gasteiger partial charge in [0.1, 0.15) is 0 Å². The zero-order valence-electron chi connectivity index (χ0n) is 10.6. The predicted molar refractivity (Wildman–Crippen MR) is 66.7 cm³/mol. The summed E-state index contributed by atoms with van der Waals surface area (Å²) in [5.41, 5.74) is 3.81. The maximum atomic E-state index is 2.52. The molecule has 0 bridgehead atoms. The smallest absolute Gasteiger partial charge is 0.00779 e. The molecule has 3 atom stereocenters. The molecule has 0 aromatic rings. The summed E-state index contributed by atoms with van der Waals surface area (Å²) in [6, 6.07) is 0. The Morgan fingerprint density at radius 3 is 2.73 bits per heavy atom. The first-order valence-corrected chi connectivity index (χ1v) is 6.38. The second-order valence-electron chi connectivity index (χ2n) is 6.00. The van der Waals surface area contributed by atoms with Crippen molar-refractivity contribution in [3.05, 3.63) is 23.3 Å². The van der Waals surface area contributed by atoms with Gasteiger partial charge < -0.3 is 0 Å². The summed E-state index contributed by atoms with van der Waals surface area (Å²) in [4.78, 5) is 0. The average molecular weight is 204 g/mol. The normalized spacial score (nSPS) is 40.1. The molecule has 0 aromatic carbocycles. The van der Waals surface area contributed by atoms with Crippen LogP contribution in [0.15, 0.2) is 23.3 Å². The molecule has 0 heteroatoms. The van der Waals surface area contributed by atoms with Crippen LogP contribution >= 0.6 is 0 Å². The van der Waals surface area contributed by atoms with Crippen LogP contribution in [0.25, 0.3) is 0 Å². The van der Waals surface area contributed by atoms with Crippen molar-refractivity contribution in [1.29, 1.82) is 0 Å². The molecule has 0 N–H and O–H groups in total. The summed E-state index contributed by atoms with van der Waals surface area (Å²) in [6.07, 6.45) is 10.4. The minimum Gasteiger partial charge on any atom is -0.0851 e. The predicted octanol–water partition coefficient (Wildman–Crippen LogP) is 4.73. The minimum absolute atomic E-state index is 0.470.